The standard InChI is InChI=1S/C35H46N4O5/c1-41-21-6-20-39-31-23-26(8-9-28(31)12-15-34(39)40)25-44-33-24-36-19-16-30(33)27-10-13-29(14-11-27)43-22-4-3-17-37-35-32(42-2)7-5-18-38-35/h5,7-11,13-14,18,23,30,33,36H,3-4,6,12,15-17,19-22,24-25H2,1-2H3,(H,37,38). The van der Waals surface area contributed by atoms with E-state index in [-0.39, 0.29) is 12.0 Å². The van der Waals surface area contributed by atoms with Crippen LogP contribution in [0.1, 0.15) is 54.7 Å². The van der Waals surface area contributed by atoms with Crippen LogP contribution in [0.15, 0.2) is 60.8 Å². The number of nitrogens with zero attached hydrogens (tertiary/aromatic N) is 2. The fourth-order valence-electron chi connectivity index (χ4n) is 6.00. The van der Waals surface area contributed by atoms with E-state index in [0.717, 1.165) is 80.3 Å². The number of aryl methyl sites for hydroxylation is 1. The van der Waals surface area contributed by atoms with Gasteiger partial charge in [-0.25, -0.2) is 4.98 Å². The van der Waals surface area contributed by atoms with Crippen LogP contribution in [0.2, 0.25) is 0 Å². The molecule has 1 saturated heterocycles. The van der Waals surface area contributed by atoms with E-state index in [9.17, 15) is 4.79 Å². The van der Waals surface area contributed by atoms with Gasteiger partial charge in [0.05, 0.1) is 26.4 Å². The van der Waals surface area contributed by atoms with Crippen molar-refractivity contribution in [3.8, 4) is 11.5 Å². The van der Waals surface area contributed by atoms with Gasteiger partial charge in [0.2, 0.25) is 5.91 Å². The number of carbonyl (C=O) groups is 1. The number of unbranched alkanes of at least 4 members (excludes halogenated alkanes) is 1. The van der Waals surface area contributed by atoms with Gasteiger partial charge < -0.3 is 34.5 Å². The van der Waals surface area contributed by atoms with Gasteiger partial charge in [-0.2, -0.15) is 0 Å². The minimum atomic E-state index is 0.0659. The zero-order chi connectivity index (χ0) is 30.6. The molecule has 2 atom stereocenters. The first-order valence-corrected chi connectivity index (χ1v) is 15.9. The molecule has 2 N–H and O–H groups in total. The van der Waals surface area contributed by atoms with E-state index in [4.69, 9.17) is 18.9 Å². The number of fused-ring (bicyclic) bond motifs is 1. The first kappa shape index (κ1) is 31.8. The lowest BCUT2D eigenvalue weighted by atomic mass is 9.87. The summed E-state index contributed by atoms with van der Waals surface area (Å²) in [7, 11) is 3.35. The van der Waals surface area contributed by atoms with E-state index in [1.807, 2.05) is 17.0 Å². The van der Waals surface area contributed by atoms with E-state index in [1.54, 1.807) is 20.4 Å². The molecule has 0 radical (unpaired) electrons. The monoisotopic (exact) mass is 602 g/mol. The summed E-state index contributed by atoms with van der Waals surface area (Å²) in [6.07, 6.45) is 6.93. The molecule has 0 bridgehead atoms. The Hall–Kier alpha value is -3.66. The smallest absolute Gasteiger partial charge is 0.227 e. The Morgan fingerprint density at radius 2 is 1.91 bits per heavy atom. The summed E-state index contributed by atoms with van der Waals surface area (Å²) in [5.41, 5.74) is 4.62. The Morgan fingerprint density at radius 1 is 1.02 bits per heavy atom. The number of methoxy groups -OCH3 is 2. The van der Waals surface area contributed by atoms with Crippen LogP contribution < -0.4 is 25.0 Å². The van der Waals surface area contributed by atoms with Gasteiger partial charge >= 0.3 is 0 Å². The van der Waals surface area contributed by atoms with Crippen molar-refractivity contribution >= 4 is 17.4 Å². The van der Waals surface area contributed by atoms with Crippen LogP contribution in [0, 0.1) is 0 Å². The molecule has 236 valence electrons. The Morgan fingerprint density at radius 3 is 2.75 bits per heavy atom. The second kappa shape index (κ2) is 16.4. The van der Waals surface area contributed by atoms with Crippen LogP contribution in [0.25, 0.3) is 0 Å². The molecule has 2 aliphatic heterocycles. The summed E-state index contributed by atoms with van der Waals surface area (Å²) < 4.78 is 23.1. The summed E-state index contributed by atoms with van der Waals surface area (Å²) in [4.78, 5) is 18.9. The Labute approximate surface area is 261 Å². The summed E-state index contributed by atoms with van der Waals surface area (Å²) in [6, 6.07) is 18.7. The number of nitrogens with one attached hydrogen (secondary N) is 2. The normalized spacial score (nSPS) is 18.1. The molecule has 2 aliphatic rings. The number of benzene rings is 2. The summed E-state index contributed by atoms with van der Waals surface area (Å²) in [5.74, 6) is 2.91. The number of hydrogen-bond donors (Lipinski definition) is 2. The maximum Gasteiger partial charge on any atom is 0.227 e. The molecule has 9 heteroatoms. The molecule has 1 amide bonds. The predicted molar refractivity (Wildman–Crippen MR) is 173 cm³/mol. The molecule has 5 rings (SSSR count). The van der Waals surface area contributed by atoms with Gasteiger partial charge in [-0.15, -0.1) is 0 Å². The van der Waals surface area contributed by atoms with Crippen LogP contribution in [0.3, 0.4) is 0 Å². The van der Waals surface area contributed by atoms with Gasteiger partial charge in [0.25, 0.3) is 0 Å². The number of piperidine rings is 1. The van der Waals surface area contributed by atoms with Gasteiger partial charge in [-0.1, -0.05) is 24.3 Å². The number of ether oxygens (including phenoxy) is 4. The summed E-state index contributed by atoms with van der Waals surface area (Å²) in [6.45, 7) is 5.09. The van der Waals surface area contributed by atoms with E-state index < -0.39 is 0 Å². The van der Waals surface area contributed by atoms with Gasteiger partial charge in [0.1, 0.15) is 5.75 Å². The van der Waals surface area contributed by atoms with Crippen LogP contribution in [0.4, 0.5) is 11.5 Å². The maximum absolute atomic E-state index is 12.7. The molecule has 2 unspecified atom stereocenters. The quantitative estimate of drug-likeness (QED) is 0.212. The lowest BCUT2D eigenvalue weighted by Gasteiger charge is -2.33. The van der Waals surface area contributed by atoms with Crippen molar-refractivity contribution in [2.45, 2.75) is 57.2 Å². The summed E-state index contributed by atoms with van der Waals surface area (Å²) >= 11 is 0. The Kier molecular flexibility index (Phi) is 11.9. The maximum atomic E-state index is 12.7. The molecule has 3 aromatic rings. The third-order valence-corrected chi connectivity index (χ3v) is 8.40. The van der Waals surface area contributed by atoms with Crippen molar-refractivity contribution < 1.29 is 23.7 Å². The second-order valence-corrected chi connectivity index (χ2v) is 11.4. The van der Waals surface area contributed by atoms with E-state index in [1.165, 1.54) is 11.1 Å². The van der Waals surface area contributed by atoms with Gasteiger partial charge in [-0.05, 0) is 85.7 Å². The van der Waals surface area contributed by atoms with Crippen molar-refractivity contribution in [1.82, 2.24) is 10.3 Å². The fraction of sp³-hybridized carbons (Fsp3) is 0.486. The van der Waals surface area contributed by atoms with Gasteiger partial charge in [0, 0.05) is 57.6 Å². The average Bonchev–Trinajstić information content (AvgIpc) is 3.07. The highest BCUT2D eigenvalue weighted by Gasteiger charge is 2.28. The molecular weight excluding hydrogens is 556 g/mol. The van der Waals surface area contributed by atoms with E-state index in [0.29, 0.717) is 38.7 Å². The molecule has 2 aromatic carbocycles. The van der Waals surface area contributed by atoms with Gasteiger partial charge in [0.15, 0.2) is 11.6 Å². The minimum absolute atomic E-state index is 0.0659. The molecular formula is C35H46N4O5. The fourth-order valence-corrected chi connectivity index (χ4v) is 6.00. The number of hydrogen-bond acceptors (Lipinski definition) is 8. The molecule has 0 spiro atoms. The van der Waals surface area contributed by atoms with Crippen molar-refractivity contribution in [2.75, 3.05) is 63.8 Å². The largest absolute Gasteiger partial charge is 0.494 e. The molecule has 1 fully saturated rings. The van der Waals surface area contributed by atoms with Crippen LogP contribution in [-0.4, -0.2) is 70.6 Å². The first-order valence-electron chi connectivity index (χ1n) is 15.9. The topological polar surface area (TPSA) is 94.2 Å². The van der Waals surface area contributed by atoms with Crippen LogP contribution in [0.5, 0.6) is 11.5 Å². The van der Waals surface area contributed by atoms with Crippen molar-refractivity contribution in [3.05, 3.63) is 77.5 Å². The predicted octanol–water partition coefficient (Wildman–Crippen LogP) is 5.34. The van der Waals surface area contributed by atoms with Crippen molar-refractivity contribution in [3.63, 3.8) is 0 Å². The highest BCUT2D eigenvalue weighted by Crippen LogP contribution is 2.32. The first-order chi connectivity index (χ1) is 21.7. The lowest BCUT2D eigenvalue weighted by Crippen LogP contribution is -2.41. The number of amides is 1. The number of pyridine rings is 1. The zero-order valence-corrected chi connectivity index (χ0v) is 26.1. The number of carbonyl (C=O) groups excluding carboxylic acids is 1. The SMILES string of the molecule is COCCCN1C(=O)CCc2ccc(COC3CNCCC3c3ccc(OCCCCNc4ncccc4OC)cc3)cc21. The number of anilines is 2. The van der Waals surface area contributed by atoms with Gasteiger partial charge in [-0.3, -0.25) is 4.79 Å². The number of rotatable bonds is 16. The average molecular weight is 603 g/mol. The molecule has 9 nitrogen and oxygen atoms in total. The second-order valence-electron chi connectivity index (χ2n) is 11.4. The molecule has 1 aromatic heterocycles. The summed E-state index contributed by atoms with van der Waals surface area (Å²) in [5, 5.41) is 6.83. The van der Waals surface area contributed by atoms with Crippen molar-refractivity contribution in [1.29, 1.82) is 0 Å². The van der Waals surface area contributed by atoms with Crippen LogP contribution in [-0.2, 0) is 27.3 Å². The molecule has 3 heterocycles. The third kappa shape index (κ3) is 8.49. The van der Waals surface area contributed by atoms with Crippen molar-refractivity contribution in [2.24, 2.45) is 0 Å². The highest BCUT2D eigenvalue weighted by molar-refractivity contribution is 5.96. The highest BCUT2D eigenvalue weighted by atomic mass is 16.5. The lowest BCUT2D eigenvalue weighted by molar-refractivity contribution is -0.118. The molecule has 0 aliphatic carbocycles. The zero-order valence-electron chi connectivity index (χ0n) is 26.1. The molecule has 44 heavy (non-hydrogen) atoms. The third-order valence-electron chi connectivity index (χ3n) is 8.40. The molecule has 0 saturated carbocycles. The Bertz CT molecular complexity index is 1330. The number of aromatic nitrogens is 1. The van der Waals surface area contributed by atoms with E-state index >= 15 is 0 Å². The Balaban J connectivity index is 1.10. The van der Waals surface area contributed by atoms with E-state index in [2.05, 4.69) is 58.1 Å². The van der Waals surface area contributed by atoms with Crippen LogP contribution >= 0.6 is 0 Å². The minimum Gasteiger partial charge on any atom is -0.494 e.